The van der Waals surface area contributed by atoms with Crippen LogP contribution in [0.1, 0.15) is 12.8 Å². The quantitative estimate of drug-likeness (QED) is 0.915. The lowest BCUT2D eigenvalue weighted by molar-refractivity contribution is -0.274. The minimum atomic E-state index is -4.87. The number of nitrogens with zero attached hydrogens (tertiary/aromatic N) is 1. The number of sulfonamides is 1. The van der Waals surface area contributed by atoms with E-state index in [2.05, 4.69) is 4.74 Å². The van der Waals surface area contributed by atoms with Crippen LogP contribution in [-0.4, -0.2) is 38.2 Å². The highest BCUT2D eigenvalue weighted by atomic mass is 32.2. The highest BCUT2D eigenvalue weighted by molar-refractivity contribution is 7.89. The number of benzene rings is 1. The van der Waals surface area contributed by atoms with Crippen molar-refractivity contribution in [2.45, 2.75) is 30.1 Å². The maximum Gasteiger partial charge on any atom is 0.573 e. The highest BCUT2D eigenvalue weighted by Gasteiger charge is 2.35. The summed E-state index contributed by atoms with van der Waals surface area (Å²) in [6.07, 6.45) is -3.54. The molecular weight excluding hydrogens is 309 g/mol. The van der Waals surface area contributed by atoms with Crippen LogP contribution in [0.5, 0.6) is 5.75 Å². The third kappa shape index (κ3) is 3.66. The van der Waals surface area contributed by atoms with Crippen molar-refractivity contribution in [2.75, 3.05) is 13.1 Å². The Labute approximate surface area is 120 Å². The predicted molar refractivity (Wildman–Crippen MR) is 69.1 cm³/mol. The first-order chi connectivity index (χ1) is 9.74. The molecule has 1 fully saturated rings. The molecule has 1 aliphatic heterocycles. The zero-order valence-corrected chi connectivity index (χ0v) is 11.8. The average molecular weight is 324 g/mol. The Bertz CT molecular complexity index is 604. The largest absolute Gasteiger partial charge is 0.573 e. The van der Waals surface area contributed by atoms with E-state index in [9.17, 15) is 21.6 Å². The lowest BCUT2D eigenvalue weighted by Crippen LogP contribution is -2.39. The van der Waals surface area contributed by atoms with Gasteiger partial charge in [0.15, 0.2) is 0 Å². The summed E-state index contributed by atoms with van der Waals surface area (Å²) in [5.41, 5.74) is 5.53. The second kappa shape index (κ2) is 5.82. The summed E-state index contributed by atoms with van der Waals surface area (Å²) in [5, 5.41) is 0. The van der Waals surface area contributed by atoms with E-state index in [1.807, 2.05) is 0 Å². The van der Waals surface area contributed by atoms with Crippen LogP contribution in [-0.2, 0) is 10.0 Å². The monoisotopic (exact) mass is 324 g/mol. The van der Waals surface area contributed by atoms with Gasteiger partial charge in [-0.2, -0.15) is 4.31 Å². The normalized spacial score (nSPS) is 20.7. The van der Waals surface area contributed by atoms with Gasteiger partial charge in [-0.25, -0.2) is 8.42 Å². The topological polar surface area (TPSA) is 72.6 Å². The first kappa shape index (κ1) is 16.1. The molecule has 0 aromatic heterocycles. The SMILES string of the molecule is NC[C@@H]1CCCN1S(=O)(=O)c1cccc(OC(F)(F)F)c1. The van der Waals surface area contributed by atoms with E-state index < -0.39 is 22.1 Å². The standard InChI is InChI=1S/C12H15F3N2O3S/c13-12(14,15)20-10-4-1-5-11(7-10)21(18,19)17-6-2-3-9(17)8-16/h1,4-5,7,9H,2-3,6,8,16H2/t9-/m0/s1. The van der Waals surface area contributed by atoms with E-state index in [0.717, 1.165) is 12.1 Å². The first-order valence-corrected chi connectivity index (χ1v) is 7.76. The molecule has 5 nitrogen and oxygen atoms in total. The number of ether oxygens (including phenoxy) is 1. The van der Waals surface area contributed by atoms with Crippen LogP contribution >= 0.6 is 0 Å². The predicted octanol–water partition coefficient (Wildman–Crippen LogP) is 1.70. The van der Waals surface area contributed by atoms with Crippen LogP contribution < -0.4 is 10.5 Å². The minimum Gasteiger partial charge on any atom is -0.406 e. The summed E-state index contributed by atoms with van der Waals surface area (Å²) in [6, 6.07) is 4.06. The molecule has 1 heterocycles. The molecule has 1 atom stereocenters. The Morgan fingerprint density at radius 3 is 2.71 bits per heavy atom. The number of rotatable bonds is 4. The number of hydrogen-bond donors (Lipinski definition) is 1. The van der Waals surface area contributed by atoms with Gasteiger partial charge < -0.3 is 10.5 Å². The van der Waals surface area contributed by atoms with E-state index in [1.54, 1.807) is 0 Å². The Hall–Kier alpha value is -1.32. The molecule has 0 amide bonds. The Morgan fingerprint density at radius 1 is 1.38 bits per heavy atom. The summed E-state index contributed by atoms with van der Waals surface area (Å²) in [5.74, 6) is -0.563. The van der Waals surface area contributed by atoms with Gasteiger partial charge in [-0.05, 0) is 25.0 Å². The van der Waals surface area contributed by atoms with Crippen molar-refractivity contribution in [1.82, 2.24) is 4.31 Å². The minimum absolute atomic E-state index is 0.179. The molecule has 1 saturated heterocycles. The highest BCUT2D eigenvalue weighted by Crippen LogP contribution is 2.29. The molecule has 0 aliphatic carbocycles. The van der Waals surface area contributed by atoms with E-state index in [1.165, 1.54) is 16.4 Å². The lowest BCUT2D eigenvalue weighted by Gasteiger charge is -2.23. The Balaban J connectivity index is 2.30. The molecule has 0 spiro atoms. The fourth-order valence-electron chi connectivity index (χ4n) is 2.33. The second-order valence-corrected chi connectivity index (χ2v) is 6.56. The van der Waals surface area contributed by atoms with E-state index >= 15 is 0 Å². The summed E-state index contributed by atoms with van der Waals surface area (Å²) in [4.78, 5) is -0.232. The van der Waals surface area contributed by atoms with Crippen molar-refractivity contribution in [3.8, 4) is 5.75 Å². The fourth-order valence-corrected chi connectivity index (χ4v) is 4.07. The maximum absolute atomic E-state index is 12.5. The Morgan fingerprint density at radius 2 is 2.10 bits per heavy atom. The van der Waals surface area contributed by atoms with Crippen LogP contribution in [0.15, 0.2) is 29.2 Å². The molecule has 118 valence electrons. The number of alkyl halides is 3. The van der Waals surface area contributed by atoms with Crippen molar-refractivity contribution in [2.24, 2.45) is 5.73 Å². The molecule has 21 heavy (non-hydrogen) atoms. The summed E-state index contributed by atoms with van der Waals surface area (Å²) in [6.45, 7) is 0.493. The molecule has 0 unspecified atom stereocenters. The number of nitrogens with two attached hydrogens (primary N) is 1. The zero-order valence-electron chi connectivity index (χ0n) is 11.0. The maximum atomic E-state index is 12.5. The molecule has 0 saturated carbocycles. The average Bonchev–Trinajstić information content (AvgIpc) is 2.86. The van der Waals surface area contributed by atoms with Crippen molar-refractivity contribution in [1.29, 1.82) is 0 Å². The number of halogens is 3. The van der Waals surface area contributed by atoms with E-state index in [-0.39, 0.29) is 17.5 Å². The van der Waals surface area contributed by atoms with Gasteiger partial charge in [0.2, 0.25) is 10.0 Å². The van der Waals surface area contributed by atoms with Crippen molar-refractivity contribution in [3.63, 3.8) is 0 Å². The van der Waals surface area contributed by atoms with Crippen LogP contribution in [0.4, 0.5) is 13.2 Å². The van der Waals surface area contributed by atoms with Gasteiger partial charge in [0.25, 0.3) is 0 Å². The van der Waals surface area contributed by atoms with Gasteiger partial charge in [0, 0.05) is 25.2 Å². The molecule has 1 aromatic rings. The second-order valence-electron chi connectivity index (χ2n) is 4.67. The van der Waals surface area contributed by atoms with Gasteiger partial charge in [0.05, 0.1) is 4.90 Å². The summed E-state index contributed by atoms with van der Waals surface area (Å²) in [7, 11) is -3.87. The third-order valence-corrected chi connectivity index (χ3v) is 5.19. The Kier molecular flexibility index (Phi) is 4.45. The van der Waals surface area contributed by atoms with E-state index in [4.69, 9.17) is 5.73 Å². The first-order valence-electron chi connectivity index (χ1n) is 6.32. The van der Waals surface area contributed by atoms with Gasteiger partial charge in [0.1, 0.15) is 5.75 Å². The van der Waals surface area contributed by atoms with E-state index in [0.29, 0.717) is 19.4 Å². The summed E-state index contributed by atoms with van der Waals surface area (Å²) < 4.78 is 66.5. The molecule has 1 aromatic carbocycles. The molecule has 9 heteroatoms. The van der Waals surface area contributed by atoms with Gasteiger partial charge in [-0.1, -0.05) is 6.07 Å². The summed E-state index contributed by atoms with van der Waals surface area (Å²) >= 11 is 0. The molecule has 2 rings (SSSR count). The van der Waals surface area contributed by atoms with Crippen molar-refractivity contribution in [3.05, 3.63) is 24.3 Å². The van der Waals surface area contributed by atoms with Crippen molar-refractivity contribution < 1.29 is 26.3 Å². The molecule has 0 radical (unpaired) electrons. The molecule has 1 aliphatic rings. The molecule has 2 N–H and O–H groups in total. The molecular formula is C12H15F3N2O3S. The van der Waals surface area contributed by atoms with Gasteiger partial charge >= 0.3 is 6.36 Å². The van der Waals surface area contributed by atoms with Crippen LogP contribution in [0.25, 0.3) is 0 Å². The smallest absolute Gasteiger partial charge is 0.406 e. The van der Waals surface area contributed by atoms with Crippen LogP contribution in [0.2, 0.25) is 0 Å². The van der Waals surface area contributed by atoms with Crippen molar-refractivity contribution >= 4 is 10.0 Å². The third-order valence-electron chi connectivity index (χ3n) is 3.24. The lowest BCUT2D eigenvalue weighted by atomic mass is 10.2. The van der Waals surface area contributed by atoms with Crippen LogP contribution in [0.3, 0.4) is 0 Å². The fraction of sp³-hybridized carbons (Fsp3) is 0.500. The zero-order chi connectivity index (χ0) is 15.7. The van der Waals surface area contributed by atoms with Gasteiger partial charge in [-0.3, -0.25) is 0 Å². The van der Waals surface area contributed by atoms with Crippen LogP contribution in [0, 0.1) is 0 Å². The number of hydrogen-bond acceptors (Lipinski definition) is 4. The molecule has 0 bridgehead atoms. The van der Waals surface area contributed by atoms with Gasteiger partial charge in [-0.15, -0.1) is 13.2 Å².